The summed E-state index contributed by atoms with van der Waals surface area (Å²) in [6.07, 6.45) is 1.30. The summed E-state index contributed by atoms with van der Waals surface area (Å²) in [4.78, 5) is 0. The van der Waals surface area contributed by atoms with Gasteiger partial charge in [-0.1, -0.05) is 0 Å². The molecule has 0 saturated heterocycles. The molecule has 66 valence electrons. The molecule has 0 aromatic carbocycles. The molecule has 0 amide bonds. The van der Waals surface area contributed by atoms with Crippen LogP contribution >= 0.6 is 8.03 Å². The quantitative estimate of drug-likeness (QED) is 0.463. The molecule has 4 nitrogen and oxygen atoms in total. The molecule has 0 radical (unpaired) electrons. The van der Waals surface area contributed by atoms with Crippen molar-refractivity contribution in [2.45, 2.75) is 6.42 Å². The van der Waals surface area contributed by atoms with Crippen molar-refractivity contribution >= 4 is 8.03 Å². The lowest BCUT2D eigenvalue weighted by Crippen LogP contribution is -2.01. The lowest BCUT2D eigenvalue weighted by Gasteiger charge is -1.90. The lowest BCUT2D eigenvalue weighted by atomic mass is 10.5. The number of hydrogen-bond donors (Lipinski definition) is 1. The first-order valence-electron chi connectivity index (χ1n) is 3.58. The van der Waals surface area contributed by atoms with Crippen molar-refractivity contribution in [1.29, 1.82) is 0 Å². The topological polar surface area (TPSA) is 61.5 Å². The Morgan fingerprint density at radius 3 is 2.73 bits per heavy atom. The second kappa shape index (κ2) is 8.08. The van der Waals surface area contributed by atoms with Crippen LogP contribution in [0.4, 0.5) is 0 Å². The van der Waals surface area contributed by atoms with Gasteiger partial charge in [-0.15, -0.1) is 4.52 Å². The zero-order valence-electron chi connectivity index (χ0n) is 6.78. The van der Waals surface area contributed by atoms with Crippen LogP contribution in [0.1, 0.15) is 6.42 Å². The molecule has 11 heavy (non-hydrogen) atoms. The second-order valence-corrected chi connectivity index (χ2v) is 3.40. The SMILES string of the molecule is COCCO[P+](=O)CCCN. The molecule has 0 fully saturated rings. The molecule has 0 aliphatic carbocycles. The third-order valence-corrected chi connectivity index (χ3v) is 2.22. The van der Waals surface area contributed by atoms with E-state index in [0.29, 0.717) is 25.9 Å². The van der Waals surface area contributed by atoms with Gasteiger partial charge in [0.2, 0.25) is 0 Å². The van der Waals surface area contributed by atoms with Gasteiger partial charge in [-0.05, 0) is 11.1 Å². The number of methoxy groups -OCH3 is 1. The minimum Gasteiger partial charge on any atom is -0.382 e. The molecular formula is C6H15NO3P+. The first-order chi connectivity index (χ1) is 5.31. The highest BCUT2D eigenvalue weighted by atomic mass is 31.1. The Balaban J connectivity index is 3.09. The van der Waals surface area contributed by atoms with E-state index in [1.807, 2.05) is 0 Å². The fourth-order valence-corrected chi connectivity index (χ4v) is 1.36. The van der Waals surface area contributed by atoms with Gasteiger partial charge in [0.1, 0.15) is 6.61 Å². The highest BCUT2D eigenvalue weighted by Gasteiger charge is 2.14. The molecule has 2 N–H and O–H groups in total. The molecule has 0 rings (SSSR count). The van der Waals surface area contributed by atoms with Crippen LogP contribution in [0.5, 0.6) is 0 Å². The molecule has 0 saturated carbocycles. The van der Waals surface area contributed by atoms with Gasteiger partial charge in [0, 0.05) is 13.5 Å². The minimum absolute atomic E-state index is 0.399. The van der Waals surface area contributed by atoms with E-state index in [1.165, 1.54) is 0 Å². The molecule has 0 aliphatic rings. The van der Waals surface area contributed by atoms with Crippen LogP contribution in [0, 0.1) is 0 Å². The Morgan fingerprint density at radius 2 is 2.18 bits per heavy atom. The summed E-state index contributed by atoms with van der Waals surface area (Å²) in [5, 5.41) is 0. The first kappa shape index (κ1) is 11.0. The van der Waals surface area contributed by atoms with E-state index in [1.54, 1.807) is 7.11 Å². The van der Waals surface area contributed by atoms with Crippen molar-refractivity contribution in [3.8, 4) is 0 Å². The molecule has 1 unspecified atom stereocenters. The number of rotatable bonds is 7. The van der Waals surface area contributed by atoms with Crippen molar-refractivity contribution in [2.24, 2.45) is 5.73 Å². The Labute approximate surface area is 67.9 Å². The molecule has 0 bridgehead atoms. The van der Waals surface area contributed by atoms with Gasteiger partial charge < -0.3 is 10.5 Å². The summed E-state index contributed by atoms with van der Waals surface area (Å²) >= 11 is 0. The summed E-state index contributed by atoms with van der Waals surface area (Å²) in [7, 11) is 0.0716. The Kier molecular flexibility index (Phi) is 8.07. The van der Waals surface area contributed by atoms with E-state index in [0.717, 1.165) is 6.42 Å². The minimum atomic E-state index is -1.51. The molecule has 0 heterocycles. The molecular weight excluding hydrogens is 165 g/mol. The zero-order chi connectivity index (χ0) is 8.53. The second-order valence-electron chi connectivity index (χ2n) is 2.02. The number of ether oxygens (including phenoxy) is 1. The van der Waals surface area contributed by atoms with Crippen LogP contribution in [0.2, 0.25) is 0 Å². The summed E-state index contributed by atoms with van der Waals surface area (Å²) < 4.78 is 20.5. The van der Waals surface area contributed by atoms with Crippen LogP contribution in [-0.2, 0) is 13.8 Å². The van der Waals surface area contributed by atoms with E-state index in [-0.39, 0.29) is 0 Å². The fourth-order valence-electron chi connectivity index (χ4n) is 0.507. The fraction of sp³-hybridized carbons (Fsp3) is 1.00. The highest BCUT2D eigenvalue weighted by molar-refractivity contribution is 7.39. The van der Waals surface area contributed by atoms with Crippen molar-refractivity contribution in [3.05, 3.63) is 0 Å². The average Bonchev–Trinajstić information content (AvgIpc) is 2.01. The van der Waals surface area contributed by atoms with Crippen molar-refractivity contribution < 1.29 is 13.8 Å². The molecule has 1 atom stereocenters. The van der Waals surface area contributed by atoms with Crippen LogP contribution in [-0.4, -0.2) is 33.0 Å². The molecule has 0 aromatic heterocycles. The normalized spacial score (nSPS) is 11.6. The van der Waals surface area contributed by atoms with E-state index < -0.39 is 8.03 Å². The average molecular weight is 180 g/mol. The number of nitrogens with two attached hydrogens (primary N) is 1. The van der Waals surface area contributed by atoms with Gasteiger partial charge in [0.05, 0.1) is 6.61 Å². The molecule has 0 aromatic rings. The van der Waals surface area contributed by atoms with Crippen LogP contribution in [0.15, 0.2) is 0 Å². The smallest absolute Gasteiger partial charge is 0.382 e. The molecule has 0 aliphatic heterocycles. The highest BCUT2D eigenvalue weighted by Crippen LogP contribution is 2.21. The van der Waals surface area contributed by atoms with E-state index in [2.05, 4.69) is 0 Å². The van der Waals surface area contributed by atoms with Crippen molar-refractivity contribution in [3.63, 3.8) is 0 Å². The van der Waals surface area contributed by atoms with Gasteiger partial charge in [0.25, 0.3) is 0 Å². The summed E-state index contributed by atoms with van der Waals surface area (Å²) in [5.41, 5.74) is 5.22. The van der Waals surface area contributed by atoms with Crippen LogP contribution < -0.4 is 5.73 Å². The van der Waals surface area contributed by atoms with Crippen LogP contribution in [0.3, 0.4) is 0 Å². The predicted octanol–water partition coefficient (Wildman–Crippen LogP) is 0.741. The Hall–Kier alpha value is -0.0200. The van der Waals surface area contributed by atoms with Gasteiger partial charge in [-0.3, -0.25) is 0 Å². The maximum absolute atomic E-state index is 10.9. The molecule has 5 heteroatoms. The largest absolute Gasteiger partial charge is 0.508 e. The van der Waals surface area contributed by atoms with Crippen molar-refractivity contribution in [2.75, 3.05) is 33.0 Å². The summed E-state index contributed by atoms with van der Waals surface area (Å²) in [5.74, 6) is 0. The summed E-state index contributed by atoms with van der Waals surface area (Å²) in [6, 6.07) is 0. The standard InChI is InChI=1S/C6H15NO3P/c1-9-4-5-10-11(8)6-2-3-7/h2-7H2,1H3/q+1. The van der Waals surface area contributed by atoms with Gasteiger partial charge >= 0.3 is 8.03 Å². The Morgan fingerprint density at radius 1 is 1.45 bits per heavy atom. The predicted molar refractivity (Wildman–Crippen MR) is 44.0 cm³/mol. The van der Waals surface area contributed by atoms with Crippen LogP contribution in [0.25, 0.3) is 0 Å². The maximum atomic E-state index is 10.9. The third-order valence-electron chi connectivity index (χ3n) is 1.07. The summed E-state index contributed by atoms with van der Waals surface area (Å²) in [6.45, 7) is 1.45. The van der Waals surface area contributed by atoms with Gasteiger partial charge in [-0.25, -0.2) is 0 Å². The Bertz CT molecular complexity index is 110. The lowest BCUT2D eigenvalue weighted by molar-refractivity contribution is 0.150. The number of hydrogen-bond acceptors (Lipinski definition) is 4. The third kappa shape index (κ3) is 7.88. The molecule has 0 spiro atoms. The zero-order valence-corrected chi connectivity index (χ0v) is 7.68. The van der Waals surface area contributed by atoms with Crippen molar-refractivity contribution in [1.82, 2.24) is 0 Å². The first-order valence-corrected chi connectivity index (χ1v) is 4.94. The van der Waals surface area contributed by atoms with E-state index >= 15 is 0 Å². The van der Waals surface area contributed by atoms with E-state index in [4.69, 9.17) is 15.0 Å². The maximum Gasteiger partial charge on any atom is 0.508 e. The monoisotopic (exact) mass is 180 g/mol. The van der Waals surface area contributed by atoms with Gasteiger partial charge in [0.15, 0.2) is 6.16 Å². The van der Waals surface area contributed by atoms with E-state index in [9.17, 15) is 4.57 Å². The van der Waals surface area contributed by atoms with Gasteiger partial charge in [-0.2, -0.15) is 0 Å².